The van der Waals surface area contributed by atoms with E-state index in [-0.39, 0.29) is 11.8 Å². The van der Waals surface area contributed by atoms with Crippen molar-refractivity contribution >= 4 is 28.5 Å². The van der Waals surface area contributed by atoms with Gasteiger partial charge < -0.3 is 19.9 Å². The molecule has 1 aliphatic heterocycles. The molecular formula is C24H24N6O3. The third-order valence-corrected chi connectivity index (χ3v) is 5.93. The van der Waals surface area contributed by atoms with Gasteiger partial charge in [0.1, 0.15) is 11.3 Å². The van der Waals surface area contributed by atoms with Gasteiger partial charge in [-0.3, -0.25) is 14.7 Å². The van der Waals surface area contributed by atoms with Gasteiger partial charge in [0.05, 0.1) is 30.8 Å². The SMILES string of the molecule is Cc1n[nH]c(C(=O)Nc2cnc3[nH]c(-c4cccc(C(=O)N5CCOCC5)c4)cc3c2)c1C. The smallest absolute Gasteiger partial charge is 0.273 e. The lowest BCUT2D eigenvalue weighted by molar-refractivity contribution is 0.0303. The minimum Gasteiger partial charge on any atom is -0.378 e. The van der Waals surface area contributed by atoms with E-state index in [9.17, 15) is 9.59 Å². The number of carbonyl (C=O) groups is 2. The van der Waals surface area contributed by atoms with Crippen LogP contribution in [0.15, 0.2) is 42.6 Å². The number of amides is 2. The van der Waals surface area contributed by atoms with Crippen molar-refractivity contribution in [3.05, 3.63) is 65.1 Å². The predicted octanol–water partition coefficient (Wildman–Crippen LogP) is 3.29. The van der Waals surface area contributed by atoms with Gasteiger partial charge >= 0.3 is 0 Å². The Hall–Kier alpha value is -3.98. The van der Waals surface area contributed by atoms with Crippen LogP contribution in [0, 0.1) is 13.8 Å². The maximum Gasteiger partial charge on any atom is 0.273 e. The zero-order valence-electron chi connectivity index (χ0n) is 18.4. The number of hydrogen-bond donors (Lipinski definition) is 3. The average molecular weight is 444 g/mol. The molecule has 0 radical (unpaired) electrons. The maximum absolute atomic E-state index is 12.8. The van der Waals surface area contributed by atoms with Crippen LogP contribution >= 0.6 is 0 Å². The molecule has 3 aromatic heterocycles. The molecule has 0 saturated carbocycles. The first-order valence-electron chi connectivity index (χ1n) is 10.8. The van der Waals surface area contributed by atoms with E-state index >= 15 is 0 Å². The van der Waals surface area contributed by atoms with Gasteiger partial charge in [-0.05, 0) is 43.7 Å². The second-order valence-electron chi connectivity index (χ2n) is 8.09. The molecule has 2 amide bonds. The molecule has 9 nitrogen and oxygen atoms in total. The summed E-state index contributed by atoms with van der Waals surface area (Å²) < 4.78 is 5.34. The van der Waals surface area contributed by atoms with E-state index in [1.54, 1.807) is 6.20 Å². The van der Waals surface area contributed by atoms with E-state index in [4.69, 9.17) is 4.74 Å². The van der Waals surface area contributed by atoms with Crippen LogP contribution in [-0.2, 0) is 4.74 Å². The number of anilines is 1. The van der Waals surface area contributed by atoms with Gasteiger partial charge in [-0.1, -0.05) is 12.1 Å². The Kier molecular flexibility index (Phi) is 5.39. The summed E-state index contributed by atoms with van der Waals surface area (Å²) >= 11 is 0. The Balaban J connectivity index is 1.38. The number of hydrogen-bond acceptors (Lipinski definition) is 5. The van der Waals surface area contributed by atoms with E-state index in [1.807, 2.05) is 55.1 Å². The first-order valence-corrected chi connectivity index (χ1v) is 10.8. The molecule has 9 heteroatoms. The fourth-order valence-corrected chi connectivity index (χ4v) is 3.91. The van der Waals surface area contributed by atoms with Crippen LogP contribution in [0.25, 0.3) is 22.3 Å². The molecule has 0 spiro atoms. The zero-order chi connectivity index (χ0) is 22.9. The number of rotatable bonds is 4. The molecule has 0 bridgehead atoms. The van der Waals surface area contributed by atoms with Crippen molar-refractivity contribution in [1.82, 2.24) is 25.1 Å². The van der Waals surface area contributed by atoms with Crippen LogP contribution in [0.3, 0.4) is 0 Å². The highest BCUT2D eigenvalue weighted by atomic mass is 16.5. The number of fused-ring (bicyclic) bond motifs is 1. The van der Waals surface area contributed by atoms with Crippen molar-refractivity contribution < 1.29 is 14.3 Å². The lowest BCUT2D eigenvalue weighted by Crippen LogP contribution is -2.40. The molecule has 4 heterocycles. The van der Waals surface area contributed by atoms with E-state index in [0.29, 0.717) is 48.9 Å². The molecule has 0 aliphatic carbocycles. The highest BCUT2D eigenvalue weighted by Gasteiger charge is 2.19. The van der Waals surface area contributed by atoms with Gasteiger partial charge in [0.25, 0.3) is 11.8 Å². The molecule has 1 aromatic carbocycles. The van der Waals surface area contributed by atoms with Gasteiger partial charge in [0, 0.05) is 35.3 Å². The Bertz CT molecular complexity index is 1350. The summed E-state index contributed by atoms with van der Waals surface area (Å²) in [5, 5.41) is 10.6. The molecule has 3 N–H and O–H groups in total. The molecule has 33 heavy (non-hydrogen) atoms. The summed E-state index contributed by atoms with van der Waals surface area (Å²) in [5.74, 6) is -0.261. The van der Waals surface area contributed by atoms with Crippen LogP contribution in [-0.4, -0.2) is 63.2 Å². The summed E-state index contributed by atoms with van der Waals surface area (Å²) in [6.45, 7) is 6.04. The number of H-pyrrole nitrogens is 2. The molecule has 1 fully saturated rings. The Labute approximate surface area is 190 Å². The quantitative estimate of drug-likeness (QED) is 0.447. The van der Waals surface area contributed by atoms with Crippen molar-refractivity contribution in [2.24, 2.45) is 0 Å². The maximum atomic E-state index is 12.8. The largest absolute Gasteiger partial charge is 0.378 e. The molecule has 1 aliphatic rings. The highest BCUT2D eigenvalue weighted by molar-refractivity contribution is 6.04. The number of morpholine rings is 1. The summed E-state index contributed by atoms with van der Waals surface area (Å²) in [6.07, 6.45) is 1.61. The topological polar surface area (TPSA) is 116 Å². The van der Waals surface area contributed by atoms with Gasteiger partial charge in [-0.25, -0.2) is 4.98 Å². The third kappa shape index (κ3) is 4.10. The number of carbonyl (C=O) groups excluding carboxylic acids is 2. The number of aromatic amines is 2. The van der Waals surface area contributed by atoms with Crippen molar-refractivity contribution in [3.8, 4) is 11.3 Å². The molecule has 0 unspecified atom stereocenters. The monoisotopic (exact) mass is 444 g/mol. The van der Waals surface area contributed by atoms with Gasteiger partial charge in [0.15, 0.2) is 0 Å². The molecule has 4 aromatic rings. The molecule has 1 saturated heterocycles. The number of benzene rings is 1. The number of pyridine rings is 1. The average Bonchev–Trinajstić information content (AvgIpc) is 3.42. The first kappa shape index (κ1) is 20.9. The summed E-state index contributed by atoms with van der Waals surface area (Å²) in [6, 6.07) is 11.4. The Morgan fingerprint density at radius 2 is 1.94 bits per heavy atom. The van der Waals surface area contributed by atoms with Crippen LogP contribution in [0.1, 0.15) is 32.1 Å². The van der Waals surface area contributed by atoms with Gasteiger partial charge in [0.2, 0.25) is 0 Å². The lowest BCUT2D eigenvalue weighted by Gasteiger charge is -2.27. The van der Waals surface area contributed by atoms with Crippen LogP contribution in [0.2, 0.25) is 0 Å². The Morgan fingerprint density at radius 1 is 1.12 bits per heavy atom. The summed E-state index contributed by atoms with van der Waals surface area (Å²) in [4.78, 5) is 35.0. The number of nitrogens with zero attached hydrogens (tertiary/aromatic N) is 3. The van der Waals surface area contributed by atoms with Crippen molar-refractivity contribution in [1.29, 1.82) is 0 Å². The minimum atomic E-state index is -0.265. The van der Waals surface area contributed by atoms with Crippen LogP contribution in [0.5, 0.6) is 0 Å². The summed E-state index contributed by atoms with van der Waals surface area (Å²) in [7, 11) is 0. The van der Waals surface area contributed by atoms with Crippen molar-refractivity contribution in [2.75, 3.05) is 31.6 Å². The van der Waals surface area contributed by atoms with Gasteiger partial charge in [-0.2, -0.15) is 5.10 Å². The van der Waals surface area contributed by atoms with E-state index in [0.717, 1.165) is 27.9 Å². The normalized spacial score (nSPS) is 13.9. The highest BCUT2D eigenvalue weighted by Crippen LogP contribution is 2.26. The first-order chi connectivity index (χ1) is 16.0. The van der Waals surface area contributed by atoms with Crippen LogP contribution < -0.4 is 5.32 Å². The molecular weight excluding hydrogens is 420 g/mol. The standard InChI is InChI=1S/C24H24N6O3/c1-14-15(2)28-29-21(14)23(31)26-19-11-18-12-20(27-22(18)25-13-19)16-4-3-5-17(10-16)24(32)30-6-8-33-9-7-30/h3-5,10-13H,6-9H2,1-2H3,(H,25,27)(H,26,31)(H,28,29). The van der Waals surface area contributed by atoms with Gasteiger partial charge in [-0.15, -0.1) is 0 Å². The molecule has 168 valence electrons. The van der Waals surface area contributed by atoms with E-state index < -0.39 is 0 Å². The Morgan fingerprint density at radius 3 is 2.70 bits per heavy atom. The predicted molar refractivity (Wildman–Crippen MR) is 124 cm³/mol. The lowest BCUT2D eigenvalue weighted by atomic mass is 10.1. The summed E-state index contributed by atoms with van der Waals surface area (Å²) in [5.41, 5.74) is 5.69. The number of aryl methyl sites for hydroxylation is 1. The van der Waals surface area contributed by atoms with Crippen molar-refractivity contribution in [2.45, 2.75) is 13.8 Å². The zero-order valence-corrected chi connectivity index (χ0v) is 18.4. The fourth-order valence-electron chi connectivity index (χ4n) is 3.91. The number of ether oxygens (including phenoxy) is 1. The minimum absolute atomic E-state index is 0.00345. The van der Waals surface area contributed by atoms with Crippen LogP contribution in [0.4, 0.5) is 5.69 Å². The second kappa shape index (κ2) is 8.51. The van der Waals surface area contributed by atoms with E-state index in [1.165, 1.54) is 0 Å². The van der Waals surface area contributed by atoms with E-state index in [2.05, 4.69) is 25.5 Å². The van der Waals surface area contributed by atoms with Crippen molar-refractivity contribution in [3.63, 3.8) is 0 Å². The molecule has 5 rings (SSSR count). The third-order valence-electron chi connectivity index (χ3n) is 5.93. The number of aromatic nitrogens is 4. The number of nitrogens with one attached hydrogen (secondary N) is 3. The molecule has 0 atom stereocenters. The fraction of sp³-hybridized carbons (Fsp3) is 0.250. The second-order valence-corrected chi connectivity index (χ2v) is 8.09.